The molecule has 14 heavy (non-hydrogen) atoms. The van der Waals surface area contributed by atoms with Crippen LogP contribution in [0.5, 0.6) is 0 Å². The van der Waals surface area contributed by atoms with E-state index in [0.717, 1.165) is 25.0 Å². The molecule has 0 aliphatic carbocycles. The van der Waals surface area contributed by atoms with Crippen LogP contribution in [-0.4, -0.2) is 13.7 Å². The maximum absolute atomic E-state index is 5.47. The second kappa shape index (κ2) is 8.82. The number of unbranched alkanes of at least 4 members (excludes halogenated alkanes) is 3. The standard InChI is InChI=1S/C12H23NO/c1-11(10-14-3)8-6-4-5-7-9-12(2)13/h1-2,4-10,13H2,3H3. The van der Waals surface area contributed by atoms with Crippen molar-refractivity contribution in [3.05, 3.63) is 24.4 Å². The summed E-state index contributed by atoms with van der Waals surface area (Å²) in [5, 5.41) is 0. The van der Waals surface area contributed by atoms with Crippen molar-refractivity contribution in [2.24, 2.45) is 5.73 Å². The van der Waals surface area contributed by atoms with E-state index >= 15 is 0 Å². The van der Waals surface area contributed by atoms with E-state index in [1.54, 1.807) is 7.11 Å². The van der Waals surface area contributed by atoms with E-state index in [2.05, 4.69) is 13.2 Å². The Hall–Kier alpha value is -0.760. The molecule has 0 saturated carbocycles. The van der Waals surface area contributed by atoms with Crippen molar-refractivity contribution < 1.29 is 4.74 Å². The molecule has 0 aliphatic heterocycles. The van der Waals surface area contributed by atoms with E-state index in [1.165, 1.54) is 24.8 Å². The summed E-state index contributed by atoms with van der Waals surface area (Å²) in [6, 6.07) is 0. The summed E-state index contributed by atoms with van der Waals surface area (Å²) in [5.41, 5.74) is 7.46. The predicted octanol–water partition coefficient (Wildman–Crippen LogP) is 3.00. The lowest BCUT2D eigenvalue weighted by Crippen LogP contribution is -1.95. The molecule has 2 heteroatoms. The lowest BCUT2D eigenvalue weighted by atomic mass is 10.1. The number of hydrogen-bond acceptors (Lipinski definition) is 2. The average molecular weight is 197 g/mol. The molecule has 0 rings (SSSR count). The van der Waals surface area contributed by atoms with Crippen molar-refractivity contribution in [2.75, 3.05) is 13.7 Å². The number of hydrogen-bond donors (Lipinski definition) is 1. The number of ether oxygens (including phenoxy) is 1. The molecule has 0 bridgehead atoms. The second-order valence-electron chi connectivity index (χ2n) is 3.76. The van der Waals surface area contributed by atoms with E-state index in [1.807, 2.05) is 0 Å². The molecule has 0 fully saturated rings. The van der Waals surface area contributed by atoms with Gasteiger partial charge in [0.2, 0.25) is 0 Å². The molecule has 0 heterocycles. The van der Waals surface area contributed by atoms with Crippen LogP contribution in [0.15, 0.2) is 24.4 Å². The van der Waals surface area contributed by atoms with Gasteiger partial charge in [-0.2, -0.15) is 0 Å². The number of allylic oxidation sites excluding steroid dienone is 1. The van der Waals surface area contributed by atoms with Crippen molar-refractivity contribution in [1.29, 1.82) is 0 Å². The fourth-order valence-electron chi connectivity index (χ4n) is 1.36. The molecule has 0 saturated heterocycles. The number of nitrogens with two attached hydrogens (primary N) is 1. The largest absolute Gasteiger partial charge is 0.403 e. The molecular formula is C12H23NO. The average Bonchev–Trinajstić information content (AvgIpc) is 2.11. The second-order valence-corrected chi connectivity index (χ2v) is 3.76. The Labute approximate surface area is 87.8 Å². The zero-order valence-electron chi connectivity index (χ0n) is 9.35. The SMILES string of the molecule is C=C(N)CCCCCCC(=C)COC. The van der Waals surface area contributed by atoms with Gasteiger partial charge in [0.1, 0.15) is 0 Å². The van der Waals surface area contributed by atoms with Gasteiger partial charge in [0.15, 0.2) is 0 Å². The van der Waals surface area contributed by atoms with Gasteiger partial charge in [0, 0.05) is 12.8 Å². The summed E-state index contributed by atoms with van der Waals surface area (Å²) in [4.78, 5) is 0. The molecule has 0 aromatic heterocycles. The molecular weight excluding hydrogens is 174 g/mol. The van der Waals surface area contributed by atoms with Crippen LogP contribution >= 0.6 is 0 Å². The molecule has 0 radical (unpaired) electrons. The van der Waals surface area contributed by atoms with Crippen molar-refractivity contribution >= 4 is 0 Å². The van der Waals surface area contributed by atoms with Gasteiger partial charge in [0.05, 0.1) is 6.61 Å². The van der Waals surface area contributed by atoms with Crippen LogP contribution in [0.1, 0.15) is 38.5 Å². The molecule has 0 aromatic rings. The number of rotatable bonds is 9. The maximum Gasteiger partial charge on any atom is 0.0670 e. The highest BCUT2D eigenvalue weighted by atomic mass is 16.5. The Kier molecular flexibility index (Phi) is 8.34. The minimum absolute atomic E-state index is 0.694. The van der Waals surface area contributed by atoms with E-state index < -0.39 is 0 Å². The third-order valence-electron chi connectivity index (χ3n) is 2.13. The maximum atomic E-state index is 5.47. The van der Waals surface area contributed by atoms with Gasteiger partial charge in [-0.1, -0.05) is 31.6 Å². The lowest BCUT2D eigenvalue weighted by Gasteiger charge is -2.04. The van der Waals surface area contributed by atoms with Gasteiger partial charge in [-0.15, -0.1) is 0 Å². The van der Waals surface area contributed by atoms with Gasteiger partial charge in [-0.05, 0) is 25.7 Å². The number of methoxy groups -OCH3 is 1. The van der Waals surface area contributed by atoms with Crippen LogP contribution in [0.2, 0.25) is 0 Å². The third kappa shape index (κ3) is 9.33. The molecule has 0 aliphatic rings. The molecule has 2 nitrogen and oxygen atoms in total. The van der Waals surface area contributed by atoms with Crippen molar-refractivity contribution in [3.63, 3.8) is 0 Å². The fraction of sp³-hybridized carbons (Fsp3) is 0.667. The Morgan fingerprint density at radius 3 is 2.14 bits per heavy atom. The molecule has 82 valence electrons. The summed E-state index contributed by atoms with van der Waals surface area (Å²) >= 11 is 0. The monoisotopic (exact) mass is 197 g/mol. The quantitative estimate of drug-likeness (QED) is 0.455. The third-order valence-corrected chi connectivity index (χ3v) is 2.13. The predicted molar refractivity (Wildman–Crippen MR) is 62.0 cm³/mol. The first-order valence-corrected chi connectivity index (χ1v) is 5.25. The van der Waals surface area contributed by atoms with Crippen LogP contribution in [0.25, 0.3) is 0 Å². The van der Waals surface area contributed by atoms with E-state index in [0.29, 0.717) is 6.61 Å². The highest BCUT2D eigenvalue weighted by Gasteiger charge is 1.94. The molecule has 0 amide bonds. The fourth-order valence-corrected chi connectivity index (χ4v) is 1.36. The van der Waals surface area contributed by atoms with Crippen molar-refractivity contribution in [2.45, 2.75) is 38.5 Å². The summed E-state index contributed by atoms with van der Waals surface area (Å²) in [6.45, 7) is 8.30. The minimum atomic E-state index is 0.694. The van der Waals surface area contributed by atoms with Crippen LogP contribution in [0.4, 0.5) is 0 Å². The molecule has 0 atom stereocenters. The summed E-state index contributed by atoms with van der Waals surface area (Å²) in [5.74, 6) is 0. The van der Waals surface area contributed by atoms with Crippen molar-refractivity contribution in [3.8, 4) is 0 Å². The highest BCUT2D eigenvalue weighted by Crippen LogP contribution is 2.10. The van der Waals surface area contributed by atoms with Crippen molar-refractivity contribution in [1.82, 2.24) is 0 Å². The van der Waals surface area contributed by atoms with Crippen LogP contribution in [0, 0.1) is 0 Å². The van der Waals surface area contributed by atoms with E-state index in [4.69, 9.17) is 10.5 Å². The van der Waals surface area contributed by atoms with Crippen LogP contribution in [-0.2, 0) is 4.74 Å². The zero-order chi connectivity index (χ0) is 10.8. The molecule has 2 N–H and O–H groups in total. The molecule has 0 spiro atoms. The topological polar surface area (TPSA) is 35.2 Å². The Morgan fingerprint density at radius 2 is 1.64 bits per heavy atom. The molecule has 0 aromatic carbocycles. The summed E-state index contributed by atoms with van der Waals surface area (Å²) in [7, 11) is 1.71. The Morgan fingerprint density at radius 1 is 1.07 bits per heavy atom. The van der Waals surface area contributed by atoms with Gasteiger partial charge in [0.25, 0.3) is 0 Å². The highest BCUT2D eigenvalue weighted by molar-refractivity contribution is 4.93. The first-order chi connectivity index (χ1) is 6.66. The first-order valence-electron chi connectivity index (χ1n) is 5.25. The van der Waals surface area contributed by atoms with Gasteiger partial charge in [-0.25, -0.2) is 0 Å². The van der Waals surface area contributed by atoms with Crippen LogP contribution < -0.4 is 5.73 Å². The smallest absolute Gasteiger partial charge is 0.0670 e. The van der Waals surface area contributed by atoms with E-state index in [9.17, 15) is 0 Å². The first kappa shape index (κ1) is 13.2. The molecule has 0 unspecified atom stereocenters. The summed E-state index contributed by atoms with van der Waals surface area (Å²) in [6.07, 6.45) is 6.88. The van der Waals surface area contributed by atoms with E-state index in [-0.39, 0.29) is 0 Å². The lowest BCUT2D eigenvalue weighted by molar-refractivity contribution is 0.223. The Balaban J connectivity index is 3.13. The normalized spacial score (nSPS) is 10.1. The summed E-state index contributed by atoms with van der Waals surface area (Å²) < 4.78 is 4.99. The minimum Gasteiger partial charge on any atom is -0.403 e. The van der Waals surface area contributed by atoms with Crippen LogP contribution in [0.3, 0.4) is 0 Å². The van der Waals surface area contributed by atoms with Gasteiger partial charge < -0.3 is 10.5 Å². The van der Waals surface area contributed by atoms with Gasteiger partial charge >= 0.3 is 0 Å². The Bertz CT molecular complexity index is 175. The zero-order valence-corrected chi connectivity index (χ0v) is 9.35. The van der Waals surface area contributed by atoms with Gasteiger partial charge in [-0.3, -0.25) is 0 Å².